The molecule has 2 bridgehead atoms. The first kappa shape index (κ1) is 35.7. The molecule has 6 rings (SSSR count). The maximum atomic E-state index is 14.5. The van der Waals surface area contributed by atoms with Gasteiger partial charge >= 0.3 is 0 Å². The van der Waals surface area contributed by atoms with E-state index in [0.29, 0.717) is 30.6 Å². The Labute approximate surface area is 293 Å². The Bertz CT molecular complexity index is 1690. The number of rotatable bonds is 15. The molecule has 0 spiro atoms. The summed E-state index contributed by atoms with van der Waals surface area (Å²) in [5, 5.41) is 4.91. The van der Waals surface area contributed by atoms with Crippen molar-refractivity contribution in [2.24, 2.45) is 11.8 Å². The van der Waals surface area contributed by atoms with Gasteiger partial charge in [-0.3, -0.25) is 4.98 Å². The second-order valence-electron chi connectivity index (χ2n) is 16.6. The molecule has 0 amide bonds. The molecule has 1 aromatic carbocycles. The molecule has 0 saturated heterocycles. The first-order valence-corrected chi connectivity index (χ1v) is 25.4. The van der Waals surface area contributed by atoms with Crippen LogP contribution in [-0.2, 0) is 9.47 Å². The molecule has 2 fully saturated rings. The Morgan fingerprint density at radius 1 is 0.837 bits per heavy atom. The minimum absolute atomic E-state index is 0.215. The summed E-state index contributed by atoms with van der Waals surface area (Å²) in [7, 11) is -1.01. The summed E-state index contributed by atoms with van der Waals surface area (Å²) in [5.41, 5.74) is 5.15. The summed E-state index contributed by atoms with van der Waals surface area (Å²) in [6, 6.07) is 13.3. The minimum atomic E-state index is -1.24. The molecular formula is C38H54FN5O3Si2. The predicted octanol–water partition coefficient (Wildman–Crippen LogP) is 9.33. The molecule has 3 aromatic heterocycles. The highest BCUT2D eigenvalue weighted by Crippen LogP contribution is 2.48. The van der Waals surface area contributed by atoms with Crippen LogP contribution in [0.1, 0.15) is 43.7 Å². The Kier molecular flexibility index (Phi) is 10.9. The Hall–Kier alpha value is -3.13. The van der Waals surface area contributed by atoms with E-state index in [-0.39, 0.29) is 5.75 Å². The average molecular weight is 704 g/mol. The third-order valence-corrected chi connectivity index (χ3v) is 13.5. The van der Waals surface area contributed by atoms with Crippen molar-refractivity contribution in [1.82, 2.24) is 19.6 Å². The maximum absolute atomic E-state index is 14.5. The lowest BCUT2D eigenvalue weighted by Gasteiger charge is -2.30. The molecule has 3 heterocycles. The van der Waals surface area contributed by atoms with Crippen LogP contribution in [0.4, 0.5) is 10.2 Å². The van der Waals surface area contributed by atoms with Crippen molar-refractivity contribution in [2.75, 3.05) is 38.7 Å². The van der Waals surface area contributed by atoms with Crippen LogP contribution in [0.15, 0.2) is 48.8 Å². The van der Waals surface area contributed by atoms with Gasteiger partial charge in [0.25, 0.3) is 0 Å². The van der Waals surface area contributed by atoms with Crippen molar-refractivity contribution in [3.8, 4) is 28.1 Å². The number of benzene rings is 1. The van der Waals surface area contributed by atoms with Crippen molar-refractivity contribution < 1.29 is 18.6 Å². The number of nitrogens with zero attached hydrogens (tertiary/aromatic N) is 5. The predicted molar refractivity (Wildman–Crippen MR) is 201 cm³/mol. The molecule has 0 aliphatic heterocycles. The fraction of sp³-hybridized carbons (Fsp3) is 0.553. The van der Waals surface area contributed by atoms with Crippen LogP contribution in [0.3, 0.4) is 0 Å². The topological polar surface area (TPSA) is 74.0 Å². The third-order valence-electron chi connectivity index (χ3n) is 10.1. The van der Waals surface area contributed by atoms with Gasteiger partial charge in [-0.15, -0.1) is 0 Å². The lowest BCUT2D eigenvalue weighted by molar-refractivity contribution is 0.0942. The second kappa shape index (κ2) is 15.0. The van der Waals surface area contributed by atoms with Gasteiger partial charge in [0.15, 0.2) is 17.2 Å². The SMILES string of the molecule is COc1ccc(-c2ccc(-c3cnn4c(N(COCC[Si](C)(C)C)COCC[Si](C)(C)C)cc(C5C[C@H]6CC[C@@H](C5)C6)nc34)cn2)cc1F. The van der Waals surface area contributed by atoms with Crippen LogP contribution < -0.4 is 9.64 Å². The monoisotopic (exact) mass is 703 g/mol. The molecule has 264 valence electrons. The van der Waals surface area contributed by atoms with Crippen LogP contribution in [-0.4, -0.2) is 69.5 Å². The van der Waals surface area contributed by atoms with E-state index in [2.05, 4.69) is 50.2 Å². The van der Waals surface area contributed by atoms with E-state index >= 15 is 0 Å². The van der Waals surface area contributed by atoms with Gasteiger partial charge in [0.1, 0.15) is 19.3 Å². The Morgan fingerprint density at radius 2 is 1.49 bits per heavy atom. The van der Waals surface area contributed by atoms with Crippen LogP contribution in [0.5, 0.6) is 5.75 Å². The van der Waals surface area contributed by atoms with Crippen molar-refractivity contribution in [3.63, 3.8) is 0 Å². The summed E-state index contributed by atoms with van der Waals surface area (Å²) in [5.74, 6) is 2.76. The zero-order valence-electron chi connectivity index (χ0n) is 30.5. The van der Waals surface area contributed by atoms with Crippen LogP contribution in [0.25, 0.3) is 28.0 Å². The number of ether oxygens (including phenoxy) is 3. The fourth-order valence-electron chi connectivity index (χ4n) is 7.18. The van der Waals surface area contributed by atoms with Gasteiger partial charge in [-0.2, -0.15) is 9.61 Å². The number of hydrogen-bond acceptors (Lipinski definition) is 7. The van der Waals surface area contributed by atoms with E-state index in [1.807, 2.05) is 35.1 Å². The van der Waals surface area contributed by atoms with Gasteiger partial charge < -0.3 is 19.1 Å². The Balaban J connectivity index is 1.35. The molecule has 0 radical (unpaired) electrons. The fourth-order valence-corrected chi connectivity index (χ4v) is 8.69. The highest BCUT2D eigenvalue weighted by Gasteiger charge is 2.36. The molecule has 4 aromatic rings. The molecule has 2 saturated carbocycles. The van der Waals surface area contributed by atoms with E-state index in [9.17, 15) is 4.39 Å². The smallest absolute Gasteiger partial charge is 0.165 e. The molecule has 8 nitrogen and oxygen atoms in total. The standard InChI is InChI=1S/C38H54FN5O3Si2/c1-45-36-13-11-29(21-33(36)39)34-12-10-30(23-40-34)32-24-41-44-37(22-35(42-38(32)44)31-19-27-8-9-28(18-27)20-31)43(25-46-14-16-48(2,3)4)26-47-15-17-49(5,6)7/h10-13,21-24,27-28,31H,8-9,14-20,25-26H2,1-7H3/t27-,28+,31?. The molecule has 0 N–H and O–H groups in total. The minimum Gasteiger partial charge on any atom is -0.494 e. The largest absolute Gasteiger partial charge is 0.494 e. The van der Waals surface area contributed by atoms with Crippen LogP contribution in [0.2, 0.25) is 51.4 Å². The zero-order valence-corrected chi connectivity index (χ0v) is 32.5. The number of anilines is 1. The summed E-state index contributed by atoms with van der Waals surface area (Å²) in [4.78, 5) is 12.3. The maximum Gasteiger partial charge on any atom is 0.165 e. The lowest BCUT2D eigenvalue weighted by atomic mass is 9.79. The molecule has 1 unspecified atom stereocenters. The van der Waals surface area contributed by atoms with Crippen molar-refractivity contribution in [3.05, 3.63) is 60.3 Å². The van der Waals surface area contributed by atoms with Gasteiger partial charge in [0.2, 0.25) is 0 Å². The lowest BCUT2D eigenvalue weighted by Crippen LogP contribution is -2.33. The van der Waals surface area contributed by atoms with Gasteiger partial charge in [-0.05, 0) is 67.5 Å². The summed E-state index contributed by atoms with van der Waals surface area (Å²) >= 11 is 0. The molecule has 11 heteroatoms. The average Bonchev–Trinajstić information content (AvgIpc) is 3.64. The van der Waals surface area contributed by atoms with Crippen LogP contribution in [0, 0.1) is 17.7 Å². The number of hydrogen-bond donors (Lipinski definition) is 0. The summed E-state index contributed by atoms with van der Waals surface area (Å²) in [6.45, 7) is 16.6. The Morgan fingerprint density at radius 3 is 2.06 bits per heavy atom. The van der Waals surface area contributed by atoms with Gasteiger partial charge in [0.05, 0.1) is 19.0 Å². The number of fused-ring (bicyclic) bond motifs is 3. The molecule has 2 aliphatic rings. The van der Waals surface area contributed by atoms with Crippen molar-refractivity contribution in [1.29, 1.82) is 0 Å². The van der Waals surface area contributed by atoms with Gasteiger partial charge in [-0.1, -0.05) is 58.2 Å². The summed E-state index contributed by atoms with van der Waals surface area (Å²) in [6.07, 6.45) is 10.1. The van der Waals surface area contributed by atoms with E-state index in [0.717, 1.165) is 65.4 Å². The highest BCUT2D eigenvalue weighted by molar-refractivity contribution is 6.76. The number of methoxy groups -OCH3 is 1. The molecule has 2 aliphatic carbocycles. The number of aromatic nitrogens is 4. The number of halogens is 1. The van der Waals surface area contributed by atoms with E-state index in [4.69, 9.17) is 29.3 Å². The van der Waals surface area contributed by atoms with Gasteiger partial charge in [0, 0.05) is 69.9 Å². The first-order valence-electron chi connectivity index (χ1n) is 18.0. The van der Waals surface area contributed by atoms with Gasteiger partial charge in [-0.25, -0.2) is 9.37 Å². The number of pyridine rings is 1. The molecular weight excluding hydrogens is 650 g/mol. The first-order chi connectivity index (χ1) is 23.4. The molecule has 3 atom stereocenters. The van der Waals surface area contributed by atoms with E-state index in [1.54, 1.807) is 6.07 Å². The molecule has 49 heavy (non-hydrogen) atoms. The van der Waals surface area contributed by atoms with E-state index < -0.39 is 22.0 Å². The zero-order chi connectivity index (χ0) is 34.8. The highest BCUT2D eigenvalue weighted by atomic mass is 28.3. The third kappa shape index (κ3) is 8.97. The van der Waals surface area contributed by atoms with Crippen molar-refractivity contribution in [2.45, 2.75) is 89.4 Å². The van der Waals surface area contributed by atoms with Crippen molar-refractivity contribution >= 4 is 27.6 Å². The van der Waals surface area contributed by atoms with Crippen LogP contribution >= 0.6 is 0 Å². The second-order valence-corrected chi connectivity index (χ2v) is 27.8. The van der Waals surface area contributed by atoms with E-state index in [1.165, 1.54) is 45.3 Å². The summed E-state index contributed by atoms with van der Waals surface area (Å²) < 4.78 is 34.2. The normalized spacial score (nSPS) is 19.5. The quantitative estimate of drug-likeness (QED) is 0.0694.